The summed E-state index contributed by atoms with van der Waals surface area (Å²) in [6.45, 7) is 1.98. The summed E-state index contributed by atoms with van der Waals surface area (Å²) in [5.74, 6) is 0.542. The van der Waals surface area contributed by atoms with E-state index < -0.39 is 0 Å². The van der Waals surface area contributed by atoms with Crippen molar-refractivity contribution in [1.29, 1.82) is 5.26 Å². The second-order valence-corrected chi connectivity index (χ2v) is 5.10. The average molecular weight is 249 g/mol. The number of nitrogens with zero attached hydrogens (tertiary/aromatic N) is 1. The third kappa shape index (κ3) is 4.49. The highest BCUT2D eigenvalue weighted by Crippen LogP contribution is 2.22. The summed E-state index contributed by atoms with van der Waals surface area (Å²) in [6, 6.07) is 9.68. The van der Waals surface area contributed by atoms with Crippen LogP contribution in [0.3, 0.4) is 0 Å². The van der Waals surface area contributed by atoms with Crippen LogP contribution in [0.4, 0.5) is 0 Å². The molecule has 1 unspecified atom stereocenters. The fraction of sp³-hybridized carbons (Fsp3) is 0.385. The molecule has 0 spiro atoms. The molecule has 0 aliphatic heterocycles. The van der Waals surface area contributed by atoms with Crippen molar-refractivity contribution in [2.45, 2.75) is 24.3 Å². The van der Waals surface area contributed by atoms with E-state index in [1.807, 2.05) is 25.1 Å². The van der Waals surface area contributed by atoms with Crippen LogP contribution in [0.5, 0.6) is 0 Å². The number of carbonyl (C=O) groups is 1. The molecule has 0 aromatic heterocycles. The molecule has 1 rings (SSSR count). The van der Waals surface area contributed by atoms with Gasteiger partial charge < -0.3 is 4.74 Å². The summed E-state index contributed by atoms with van der Waals surface area (Å²) in [5, 5.41) is 9.12. The third-order valence-electron chi connectivity index (χ3n) is 2.34. The van der Waals surface area contributed by atoms with Crippen LogP contribution in [-0.2, 0) is 15.3 Å². The number of benzene rings is 1. The second kappa shape index (κ2) is 6.97. The van der Waals surface area contributed by atoms with Gasteiger partial charge in [-0.05, 0) is 11.6 Å². The van der Waals surface area contributed by atoms with Gasteiger partial charge in [-0.2, -0.15) is 17.0 Å². The van der Waals surface area contributed by atoms with E-state index in [-0.39, 0.29) is 11.2 Å². The van der Waals surface area contributed by atoms with E-state index in [0.29, 0.717) is 12.0 Å². The Morgan fingerprint density at radius 1 is 1.53 bits per heavy atom. The van der Waals surface area contributed by atoms with Crippen molar-refractivity contribution in [3.63, 3.8) is 0 Å². The van der Waals surface area contributed by atoms with Crippen LogP contribution in [0.15, 0.2) is 24.3 Å². The van der Waals surface area contributed by atoms with Gasteiger partial charge in [0.05, 0.1) is 25.2 Å². The lowest BCUT2D eigenvalue weighted by molar-refractivity contribution is -0.140. The van der Waals surface area contributed by atoms with Crippen LogP contribution in [0.1, 0.15) is 24.5 Å². The summed E-state index contributed by atoms with van der Waals surface area (Å²) >= 11 is 1.65. The lowest BCUT2D eigenvalue weighted by atomic mass is 10.1. The van der Waals surface area contributed by atoms with E-state index in [9.17, 15) is 4.79 Å². The summed E-state index contributed by atoms with van der Waals surface area (Å²) in [4.78, 5) is 11.1. The van der Waals surface area contributed by atoms with Gasteiger partial charge in [-0.15, -0.1) is 0 Å². The first-order valence-electron chi connectivity index (χ1n) is 5.33. The number of nitriles is 1. The van der Waals surface area contributed by atoms with E-state index in [2.05, 4.69) is 10.8 Å². The fourth-order valence-corrected chi connectivity index (χ4v) is 2.33. The SMILES string of the molecule is COC(=O)CC(C)SCc1ccccc1C#N. The van der Waals surface area contributed by atoms with Crippen molar-refractivity contribution in [2.24, 2.45) is 0 Å². The largest absolute Gasteiger partial charge is 0.469 e. The summed E-state index contributed by atoms with van der Waals surface area (Å²) in [6.07, 6.45) is 0.399. The van der Waals surface area contributed by atoms with Crippen molar-refractivity contribution >= 4 is 17.7 Å². The van der Waals surface area contributed by atoms with Crippen molar-refractivity contribution in [3.8, 4) is 6.07 Å². The molecule has 17 heavy (non-hydrogen) atoms. The zero-order chi connectivity index (χ0) is 12.7. The first-order valence-corrected chi connectivity index (χ1v) is 6.38. The molecule has 1 aromatic rings. The van der Waals surface area contributed by atoms with Crippen molar-refractivity contribution < 1.29 is 9.53 Å². The Hall–Kier alpha value is -1.47. The Balaban J connectivity index is 2.50. The molecule has 0 saturated carbocycles. The summed E-state index contributed by atoms with van der Waals surface area (Å²) in [5.41, 5.74) is 1.71. The van der Waals surface area contributed by atoms with Gasteiger partial charge >= 0.3 is 5.97 Å². The normalized spacial score (nSPS) is 11.6. The van der Waals surface area contributed by atoms with Crippen molar-refractivity contribution in [1.82, 2.24) is 0 Å². The van der Waals surface area contributed by atoms with E-state index >= 15 is 0 Å². The standard InChI is InChI=1S/C13H15NO2S/c1-10(7-13(15)16-2)17-9-12-6-4-3-5-11(12)8-14/h3-6,10H,7,9H2,1-2H3. The highest BCUT2D eigenvalue weighted by molar-refractivity contribution is 7.99. The van der Waals surface area contributed by atoms with E-state index in [4.69, 9.17) is 5.26 Å². The number of hydrogen-bond donors (Lipinski definition) is 0. The first-order chi connectivity index (χ1) is 8.17. The minimum absolute atomic E-state index is 0.189. The maximum absolute atomic E-state index is 11.1. The number of ether oxygens (including phenoxy) is 1. The van der Waals surface area contributed by atoms with Crippen LogP contribution < -0.4 is 0 Å². The lowest BCUT2D eigenvalue weighted by Crippen LogP contribution is -2.08. The maximum Gasteiger partial charge on any atom is 0.306 e. The predicted octanol–water partition coefficient (Wildman–Crippen LogP) is 2.74. The highest BCUT2D eigenvalue weighted by atomic mass is 32.2. The molecule has 0 radical (unpaired) electrons. The lowest BCUT2D eigenvalue weighted by Gasteiger charge is -2.10. The molecule has 0 fully saturated rings. The Kier molecular flexibility index (Phi) is 5.58. The van der Waals surface area contributed by atoms with Gasteiger partial charge in [0, 0.05) is 11.0 Å². The molecule has 0 saturated heterocycles. The number of carbonyl (C=O) groups excluding carboxylic acids is 1. The Bertz CT molecular complexity index is 426. The fourth-order valence-electron chi connectivity index (χ4n) is 1.36. The summed E-state index contributed by atoms with van der Waals surface area (Å²) < 4.78 is 4.61. The highest BCUT2D eigenvalue weighted by Gasteiger charge is 2.10. The number of hydrogen-bond acceptors (Lipinski definition) is 4. The van der Waals surface area contributed by atoms with Crippen molar-refractivity contribution in [3.05, 3.63) is 35.4 Å². The van der Waals surface area contributed by atoms with Gasteiger partial charge in [-0.25, -0.2) is 0 Å². The zero-order valence-electron chi connectivity index (χ0n) is 9.97. The Morgan fingerprint density at radius 3 is 2.88 bits per heavy atom. The Morgan fingerprint density at radius 2 is 2.24 bits per heavy atom. The molecule has 0 aliphatic carbocycles. The average Bonchev–Trinajstić information content (AvgIpc) is 2.36. The molecule has 3 nitrogen and oxygen atoms in total. The van der Waals surface area contributed by atoms with Gasteiger partial charge in [0.25, 0.3) is 0 Å². The van der Waals surface area contributed by atoms with E-state index in [0.717, 1.165) is 11.3 Å². The smallest absolute Gasteiger partial charge is 0.306 e. The van der Waals surface area contributed by atoms with Crippen molar-refractivity contribution in [2.75, 3.05) is 7.11 Å². The van der Waals surface area contributed by atoms with Gasteiger partial charge in [-0.3, -0.25) is 4.79 Å². The van der Waals surface area contributed by atoms with Crippen LogP contribution in [0, 0.1) is 11.3 Å². The van der Waals surface area contributed by atoms with Gasteiger partial charge in [0.15, 0.2) is 0 Å². The van der Waals surface area contributed by atoms with Crippen LogP contribution in [0.25, 0.3) is 0 Å². The Labute approximate surface area is 106 Å². The van der Waals surface area contributed by atoms with E-state index in [1.54, 1.807) is 17.8 Å². The van der Waals surface area contributed by atoms with Crippen LogP contribution in [0.2, 0.25) is 0 Å². The molecule has 0 bridgehead atoms. The third-order valence-corrected chi connectivity index (χ3v) is 3.56. The van der Waals surface area contributed by atoms with Gasteiger partial charge in [0.1, 0.15) is 0 Å². The summed E-state index contributed by atoms with van der Waals surface area (Å²) in [7, 11) is 1.39. The first kappa shape index (κ1) is 13.6. The second-order valence-electron chi connectivity index (χ2n) is 3.67. The quantitative estimate of drug-likeness (QED) is 0.753. The molecule has 1 atom stereocenters. The van der Waals surface area contributed by atoms with Gasteiger partial charge in [0.2, 0.25) is 0 Å². The molecule has 90 valence electrons. The maximum atomic E-state index is 11.1. The van der Waals surface area contributed by atoms with Crippen LogP contribution in [-0.4, -0.2) is 18.3 Å². The monoisotopic (exact) mass is 249 g/mol. The molecular formula is C13H15NO2S. The minimum atomic E-state index is -0.196. The molecule has 1 aromatic carbocycles. The zero-order valence-corrected chi connectivity index (χ0v) is 10.8. The molecule has 4 heteroatoms. The topological polar surface area (TPSA) is 50.1 Å². The predicted molar refractivity (Wildman–Crippen MR) is 68.5 cm³/mol. The molecule has 0 N–H and O–H groups in total. The van der Waals surface area contributed by atoms with E-state index in [1.165, 1.54) is 7.11 Å². The number of esters is 1. The molecule has 0 heterocycles. The number of methoxy groups -OCH3 is 1. The minimum Gasteiger partial charge on any atom is -0.469 e. The number of thioether (sulfide) groups is 1. The number of rotatable bonds is 5. The van der Waals surface area contributed by atoms with Gasteiger partial charge in [-0.1, -0.05) is 25.1 Å². The molecule has 0 aliphatic rings. The van der Waals surface area contributed by atoms with Crippen LogP contribution >= 0.6 is 11.8 Å². The molecular weight excluding hydrogens is 234 g/mol. The molecule has 0 amide bonds.